The van der Waals surface area contributed by atoms with Crippen molar-refractivity contribution < 1.29 is 4.21 Å². The minimum Gasteiger partial charge on any atom is -0.274 e. The number of nitrogens with zero attached hydrogens (tertiary/aromatic N) is 1. The predicted molar refractivity (Wildman–Crippen MR) is 54.0 cm³/mol. The first-order valence-corrected chi connectivity index (χ1v) is 4.83. The van der Waals surface area contributed by atoms with E-state index in [2.05, 4.69) is 16.7 Å². The van der Waals surface area contributed by atoms with Crippen LogP contribution < -0.4 is 11.7 Å². The Balaban J connectivity index is 0.000000396. The fourth-order valence-electron chi connectivity index (χ4n) is 1.08. The van der Waals surface area contributed by atoms with Crippen molar-refractivity contribution in [3.8, 4) is 0 Å². The van der Waals surface area contributed by atoms with E-state index in [1.165, 1.54) is 0 Å². The maximum absolute atomic E-state index is 11.4. The summed E-state index contributed by atoms with van der Waals surface area (Å²) in [4.78, 5) is 4.99. The molecule has 0 bridgehead atoms. The summed E-state index contributed by atoms with van der Waals surface area (Å²) in [6.07, 6.45) is 0. The number of hydrogen-bond acceptors (Lipinski definition) is 4. The molecule has 1 unspecified atom stereocenters. The van der Waals surface area contributed by atoms with Crippen LogP contribution in [0.2, 0.25) is 0 Å². The molecule has 0 aliphatic carbocycles. The molecule has 0 amide bonds. The maximum atomic E-state index is 11.4. The number of hydrogen-bond donors (Lipinski definition) is 2. The molecule has 1 aromatic rings. The van der Waals surface area contributed by atoms with E-state index >= 15 is 0 Å². The lowest BCUT2D eigenvalue weighted by atomic mass is 10.3. The van der Waals surface area contributed by atoms with Crippen LogP contribution >= 0.6 is 0 Å². The monoisotopic (exact) mass is 197 g/mol. The third-order valence-corrected chi connectivity index (χ3v) is 2.98. The minimum absolute atomic E-state index is 0.700. The molecule has 0 saturated heterocycles. The lowest BCUT2D eigenvalue weighted by Crippen LogP contribution is -2.02. The van der Waals surface area contributed by atoms with E-state index in [1.54, 1.807) is 6.92 Å². The third-order valence-electron chi connectivity index (χ3n) is 1.61. The van der Waals surface area contributed by atoms with Gasteiger partial charge in [0.05, 0.1) is 10.6 Å². The Morgan fingerprint density at radius 2 is 1.92 bits per heavy atom. The average Bonchev–Trinajstić information content (AvgIpc) is 2.47. The molecular weight excluding hydrogens is 186 g/mol. The molecule has 1 aromatic carbocycles. The Bertz CT molecular complexity index is 362. The van der Waals surface area contributed by atoms with E-state index < -0.39 is 10.8 Å². The van der Waals surface area contributed by atoms with E-state index in [4.69, 9.17) is 0 Å². The molecular formula is C8H11N3OS. The number of aliphatic imine (C=N–C) groups is 1. The quantitative estimate of drug-likeness (QED) is 0.474. The van der Waals surface area contributed by atoms with Crippen molar-refractivity contribution in [2.24, 2.45) is 16.7 Å². The summed E-state index contributed by atoms with van der Waals surface area (Å²) in [5.74, 6) is 8.00. The zero-order chi connectivity index (χ0) is 9.84. The first-order valence-electron chi connectivity index (χ1n) is 3.68. The van der Waals surface area contributed by atoms with Crippen LogP contribution in [0, 0.1) is 0 Å². The second kappa shape index (κ2) is 4.27. The molecule has 5 heteroatoms. The lowest BCUT2D eigenvalue weighted by Gasteiger charge is -1.91. The predicted octanol–water partition coefficient (Wildman–Crippen LogP) is 0.677. The number of nitrogens with two attached hydrogens (primary N) is 2. The Hall–Kier alpha value is -1.04. The summed E-state index contributed by atoms with van der Waals surface area (Å²) in [5, 5.41) is 0.700. The van der Waals surface area contributed by atoms with Crippen LogP contribution in [0.25, 0.3) is 0 Å². The van der Waals surface area contributed by atoms with Gasteiger partial charge in [0.2, 0.25) is 0 Å². The Morgan fingerprint density at radius 1 is 1.31 bits per heavy atom. The molecule has 13 heavy (non-hydrogen) atoms. The van der Waals surface area contributed by atoms with Gasteiger partial charge in [-0.15, -0.1) is 0 Å². The highest BCUT2D eigenvalue weighted by atomic mass is 32.2. The van der Waals surface area contributed by atoms with E-state index in [1.807, 2.05) is 24.3 Å². The summed E-state index contributed by atoms with van der Waals surface area (Å²) in [6, 6.07) is 7.51. The number of rotatable bonds is 0. The van der Waals surface area contributed by atoms with Gasteiger partial charge in [-0.05, 0) is 19.1 Å². The van der Waals surface area contributed by atoms with Crippen molar-refractivity contribution in [3.05, 3.63) is 24.3 Å². The van der Waals surface area contributed by atoms with Crippen molar-refractivity contribution in [2.75, 3.05) is 0 Å². The minimum atomic E-state index is -0.993. The second-order valence-electron chi connectivity index (χ2n) is 2.37. The summed E-state index contributed by atoms with van der Waals surface area (Å²) in [6.45, 7) is 1.79. The van der Waals surface area contributed by atoms with Crippen molar-refractivity contribution in [2.45, 2.75) is 11.8 Å². The second-order valence-corrected chi connectivity index (χ2v) is 3.94. The summed E-state index contributed by atoms with van der Waals surface area (Å²) in [7, 11) is -0.993. The normalized spacial score (nSPS) is 18.4. The average molecular weight is 197 g/mol. The summed E-state index contributed by atoms with van der Waals surface area (Å²) in [5.41, 5.74) is 0.850. The Labute approximate surface area is 79.1 Å². The summed E-state index contributed by atoms with van der Waals surface area (Å²) >= 11 is 0. The maximum Gasteiger partial charge on any atom is 0.107 e. The number of benzene rings is 1. The van der Waals surface area contributed by atoms with Gasteiger partial charge < -0.3 is 0 Å². The molecule has 70 valence electrons. The summed E-state index contributed by atoms with van der Waals surface area (Å²) < 4.78 is 11.4. The number of fused-ring (bicyclic) bond motifs is 1. The van der Waals surface area contributed by atoms with Crippen molar-refractivity contribution >= 4 is 21.5 Å². The van der Waals surface area contributed by atoms with Crippen LogP contribution in [0.1, 0.15) is 6.92 Å². The molecule has 1 atom stereocenters. The molecule has 4 N–H and O–H groups in total. The Morgan fingerprint density at radius 3 is 2.54 bits per heavy atom. The largest absolute Gasteiger partial charge is 0.274 e. The van der Waals surface area contributed by atoms with E-state index in [9.17, 15) is 4.21 Å². The van der Waals surface area contributed by atoms with Crippen LogP contribution in [-0.2, 0) is 10.8 Å². The van der Waals surface area contributed by atoms with Gasteiger partial charge in [-0.2, -0.15) is 0 Å². The van der Waals surface area contributed by atoms with Gasteiger partial charge >= 0.3 is 0 Å². The first kappa shape index (κ1) is 10.0. The molecule has 4 nitrogen and oxygen atoms in total. The van der Waals surface area contributed by atoms with Crippen molar-refractivity contribution in [1.82, 2.24) is 0 Å². The van der Waals surface area contributed by atoms with Crippen molar-refractivity contribution in [1.29, 1.82) is 0 Å². The molecule has 1 aliphatic rings. The van der Waals surface area contributed by atoms with Crippen LogP contribution in [0.5, 0.6) is 0 Å². The van der Waals surface area contributed by atoms with Crippen LogP contribution in [0.3, 0.4) is 0 Å². The topological polar surface area (TPSA) is 81.5 Å². The zero-order valence-corrected chi connectivity index (χ0v) is 8.04. The standard InChI is InChI=1S/C8H7NOS.H4N2/c1-6-9-7-4-2-3-5-8(7)11(6)10;1-2/h2-5H,1H3;1-2H2. The number of para-hydroxylation sites is 1. The highest BCUT2D eigenvalue weighted by molar-refractivity contribution is 8.01. The Kier molecular flexibility index (Phi) is 3.30. The van der Waals surface area contributed by atoms with Gasteiger partial charge in [-0.3, -0.25) is 11.7 Å². The molecule has 2 rings (SSSR count). The van der Waals surface area contributed by atoms with E-state index in [-0.39, 0.29) is 0 Å². The molecule has 0 fully saturated rings. The molecule has 0 radical (unpaired) electrons. The van der Waals surface area contributed by atoms with Gasteiger partial charge in [0.15, 0.2) is 0 Å². The fourth-order valence-corrected chi connectivity index (χ4v) is 2.08. The smallest absolute Gasteiger partial charge is 0.107 e. The molecule has 1 aliphatic heterocycles. The SMILES string of the molecule is CC1=Nc2ccccc2S1=O.NN. The fraction of sp³-hybridized carbons (Fsp3) is 0.125. The van der Waals surface area contributed by atoms with Crippen LogP contribution in [0.4, 0.5) is 5.69 Å². The molecule has 0 aromatic heterocycles. The first-order chi connectivity index (χ1) is 6.29. The highest BCUT2D eigenvalue weighted by Crippen LogP contribution is 2.29. The van der Waals surface area contributed by atoms with Crippen molar-refractivity contribution in [3.63, 3.8) is 0 Å². The molecule has 0 spiro atoms. The van der Waals surface area contributed by atoms with Gasteiger partial charge in [0.1, 0.15) is 15.8 Å². The van der Waals surface area contributed by atoms with E-state index in [0.29, 0.717) is 5.04 Å². The van der Waals surface area contributed by atoms with E-state index in [0.717, 1.165) is 10.6 Å². The molecule has 0 saturated carbocycles. The third kappa shape index (κ3) is 1.82. The zero-order valence-electron chi connectivity index (χ0n) is 7.23. The van der Waals surface area contributed by atoms with Gasteiger partial charge in [0, 0.05) is 0 Å². The van der Waals surface area contributed by atoms with Gasteiger partial charge in [0.25, 0.3) is 0 Å². The van der Waals surface area contributed by atoms with Gasteiger partial charge in [-0.25, -0.2) is 9.20 Å². The van der Waals surface area contributed by atoms with Gasteiger partial charge in [-0.1, -0.05) is 12.1 Å². The number of hydrazine groups is 1. The lowest BCUT2D eigenvalue weighted by molar-refractivity contribution is 0.690. The highest BCUT2D eigenvalue weighted by Gasteiger charge is 2.17. The van der Waals surface area contributed by atoms with Crippen LogP contribution in [0.15, 0.2) is 34.2 Å². The van der Waals surface area contributed by atoms with Crippen LogP contribution in [-0.4, -0.2) is 9.25 Å². The molecule has 1 heterocycles.